The third-order valence-corrected chi connectivity index (χ3v) is 5.40. The summed E-state index contributed by atoms with van der Waals surface area (Å²) in [6.07, 6.45) is 4.59. The van der Waals surface area contributed by atoms with Crippen LogP contribution in [0.1, 0.15) is 41.8 Å². The molecule has 1 saturated heterocycles. The summed E-state index contributed by atoms with van der Waals surface area (Å²) in [6.45, 7) is 2.65. The molecule has 2 aliphatic rings. The highest BCUT2D eigenvalue weighted by Gasteiger charge is 2.38. The highest BCUT2D eigenvalue weighted by Crippen LogP contribution is 2.35. The molecule has 1 aromatic carbocycles. The van der Waals surface area contributed by atoms with Gasteiger partial charge in [0.1, 0.15) is 17.1 Å². The van der Waals surface area contributed by atoms with Crippen molar-refractivity contribution in [3.8, 4) is 5.75 Å². The minimum absolute atomic E-state index is 0.0583. The first-order valence-corrected chi connectivity index (χ1v) is 8.67. The molecule has 24 heavy (non-hydrogen) atoms. The minimum atomic E-state index is -0.0583. The van der Waals surface area contributed by atoms with Crippen LogP contribution in [0.4, 0.5) is 0 Å². The molecule has 0 bridgehead atoms. The Morgan fingerprint density at radius 2 is 2.17 bits per heavy atom. The molecule has 0 spiro atoms. The predicted molar refractivity (Wildman–Crippen MR) is 90.5 cm³/mol. The van der Waals surface area contributed by atoms with Crippen molar-refractivity contribution in [1.82, 2.24) is 5.32 Å². The topological polar surface area (TPSA) is 60.7 Å². The van der Waals surface area contributed by atoms with Gasteiger partial charge in [0.2, 0.25) is 0 Å². The van der Waals surface area contributed by atoms with Crippen molar-refractivity contribution in [3.63, 3.8) is 0 Å². The van der Waals surface area contributed by atoms with Gasteiger partial charge in [-0.05, 0) is 50.8 Å². The summed E-state index contributed by atoms with van der Waals surface area (Å²) in [6, 6.07) is 5.74. The van der Waals surface area contributed by atoms with Crippen molar-refractivity contribution in [2.75, 3.05) is 13.7 Å². The van der Waals surface area contributed by atoms with E-state index in [0.29, 0.717) is 28.9 Å². The summed E-state index contributed by atoms with van der Waals surface area (Å²) < 4.78 is 16.8. The highest BCUT2D eigenvalue weighted by atomic mass is 16.5. The zero-order valence-corrected chi connectivity index (χ0v) is 14.1. The fourth-order valence-corrected chi connectivity index (χ4v) is 4.20. The Hall–Kier alpha value is -2.01. The van der Waals surface area contributed by atoms with Gasteiger partial charge in [0.25, 0.3) is 5.91 Å². The zero-order chi connectivity index (χ0) is 16.7. The van der Waals surface area contributed by atoms with Crippen LogP contribution in [0.5, 0.6) is 5.75 Å². The third kappa shape index (κ3) is 2.57. The molecule has 2 fully saturated rings. The number of ether oxygens (including phenoxy) is 2. The van der Waals surface area contributed by atoms with Crippen molar-refractivity contribution in [2.24, 2.45) is 5.92 Å². The molecule has 2 heterocycles. The van der Waals surface area contributed by atoms with Gasteiger partial charge in [-0.25, -0.2) is 0 Å². The first kappa shape index (κ1) is 15.5. The Morgan fingerprint density at radius 3 is 3.00 bits per heavy atom. The van der Waals surface area contributed by atoms with E-state index >= 15 is 0 Å². The van der Waals surface area contributed by atoms with Gasteiger partial charge in [-0.3, -0.25) is 4.79 Å². The van der Waals surface area contributed by atoms with Crippen LogP contribution in [0, 0.1) is 12.8 Å². The molecule has 1 aromatic heterocycles. The lowest BCUT2D eigenvalue weighted by Crippen LogP contribution is -2.45. The number of hydrogen-bond donors (Lipinski definition) is 1. The number of hydrogen-bond acceptors (Lipinski definition) is 4. The Balaban J connectivity index is 1.62. The molecule has 1 N–H and O–H groups in total. The van der Waals surface area contributed by atoms with E-state index in [4.69, 9.17) is 13.9 Å². The second-order valence-corrected chi connectivity index (χ2v) is 6.77. The first-order valence-electron chi connectivity index (χ1n) is 8.67. The minimum Gasteiger partial charge on any atom is -0.497 e. The lowest BCUT2D eigenvalue weighted by Gasteiger charge is -2.33. The number of fused-ring (bicyclic) bond motifs is 2. The highest BCUT2D eigenvalue weighted by molar-refractivity contribution is 6.07. The second kappa shape index (κ2) is 6.13. The van der Waals surface area contributed by atoms with Crippen molar-refractivity contribution in [3.05, 3.63) is 29.5 Å². The molecule has 0 radical (unpaired) electrons. The van der Waals surface area contributed by atoms with Crippen LogP contribution in [-0.2, 0) is 4.74 Å². The maximum Gasteiger partial charge on any atom is 0.255 e. The molecule has 0 unspecified atom stereocenters. The number of benzene rings is 1. The number of carbonyl (C=O) groups is 1. The quantitative estimate of drug-likeness (QED) is 0.937. The number of furan rings is 1. The molecule has 3 atom stereocenters. The summed E-state index contributed by atoms with van der Waals surface area (Å²) >= 11 is 0. The predicted octanol–water partition coefficient (Wildman–Crippen LogP) is 3.44. The molecule has 5 nitrogen and oxygen atoms in total. The van der Waals surface area contributed by atoms with Crippen LogP contribution >= 0.6 is 0 Å². The van der Waals surface area contributed by atoms with Gasteiger partial charge in [-0.1, -0.05) is 0 Å². The number of amides is 1. The zero-order valence-electron chi connectivity index (χ0n) is 14.1. The fourth-order valence-electron chi connectivity index (χ4n) is 4.20. The Morgan fingerprint density at radius 1 is 1.29 bits per heavy atom. The van der Waals surface area contributed by atoms with Gasteiger partial charge in [-0.2, -0.15) is 0 Å². The monoisotopic (exact) mass is 329 g/mol. The molecule has 1 aliphatic heterocycles. The van der Waals surface area contributed by atoms with Crippen LogP contribution in [0.15, 0.2) is 22.6 Å². The number of rotatable bonds is 3. The largest absolute Gasteiger partial charge is 0.497 e. The molecule has 1 aliphatic carbocycles. The molecule has 5 heteroatoms. The first-order chi connectivity index (χ1) is 11.7. The van der Waals surface area contributed by atoms with Gasteiger partial charge in [-0.15, -0.1) is 0 Å². The van der Waals surface area contributed by atoms with Gasteiger partial charge >= 0.3 is 0 Å². The van der Waals surface area contributed by atoms with E-state index in [2.05, 4.69) is 5.32 Å². The van der Waals surface area contributed by atoms with E-state index < -0.39 is 0 Å². The molecule has 1 saturated carbocycles. The third-order valence-electron chi connectivity index (χ3n) is 5.40. The average Bonchev–Trinajstić information content (AvgIpc) is 3.17. The van der Waals surface area contributed by atoms with E-state index in [1.807, 2.05) is 25.1 Å². The van der Waals surface area contributed by atoms with Crippen molar-refractivity contribution in [1.29, 1.82) is 0 Å². The number of carbonyl (C=O) groups excluding carboxylic acids is 1. The van der Waals surface area contributed by atoms with E-state index in [-0.39, 0.29) is 11.9 Å². The van der Waals surface area contributed by atoms with Crippen LogP contribution in [0.3, 0.4) is 0 Å². The van der Waals surface area contributed by atoms with Crippen molar-refractivity contribution in [2.45, 2.75) is 44.8 Å². The number of methoxy groups -OCH3 is 1. The maximum atomic E-state index is 12.9. The molecular formula is C19H23NO4. The summed E-state index contributed by atoms with van der Waals surface area (Å²) in [5, 5.41) is 4.05. The van der Waals surface area contributed by atoms with Gasteiger partial charge < -0.3 is 19.2 Å². The van der Waals surface area contributed by atoms with Crippen LogP contribution in [-0.4, -0.2) is 31.8 Å². The SMILES string of the molecule is COc1ccc2oc(C)c(C(=O)N[C@@H]3CCC[C@@H]4OCC[C@H]43)c2c1. The lowest BCUT2D eigenvalue weighted by molar-refractivity contribution is 0.0510. The average molecular weight is 329 g/mol. The standard InChI is InChI=1S/C19H23NO4/c1-11-18(14-10-12(22-2)6-7-17(14)24-11)19(21)20-15-4-3-5-16-13(15)8-9-23-16/h6-7,10,13,15-16H,3-5,8-9H2,1-2H3,(H,20,21)/t13-,15+,16-/m0/s1. The normalized spacial score (nSPS) is 26.3. The van der Waals surface area contributed by atoms with Gasteiger partial charge in [0.05, 0.1) is 18.8 Å². The van der Waals surface area contributed by atoms with Crippen LogP contribution < -0.4 is 10.1 Å². The Bertz CT molecular complexity index is 766. The number of aryl methyl sites for hydroxylation is 1. The van der Waals surface area contributed by atoms with Crippen LogP contribution in [0.2, 0.25) is 0 Å². The Labute approximate surface area is 141 Å². The van der Waals surface area contributed by atoms with E-state index in [9.17, 15) is 4.79 Å². The summed E-state index contributed by atoms with van der Waals surface area (Å²) in [7, 11) is 1.62. The molecule has 1 amide bonds. The second-order valence-electron chi connectivity index (χ2n) is 6.77. The molecule has 4 rings (SSSR count). The molecular weight excluding hydrogens is 306 g/mol. The van der Waals surface area contributed by atoms with Gasteiger partial charge in [0.15, 0.2) is 0 Å². The molecule has 128 valence electrons. The van der Waals surface area contributed by atoms with E-state index in [0.717, 1.165) is 43.4 Å². The summed E-state index contributed by atoms with van der Waals surface area (Å²) in [5.74, 6) is 1.75. The van der Waals surface area contributed by atoms with E-state index in [1.165, 1.54) is 0 Å². The van der Waals surface area contributed by atoms with Crippen LogP contribution in [0.25, 0.3) is 11.0 Å². The van der Waals surface area contributed by atoms with E-state index in [1.54, 1.807) is 7.11 Å². The number of nitrogens with one attached hydrogen (secondary N) is 1. The maximum absolute atomic E-state index is 12.9. The Kier molecular flexibility index (Phi) is 3.96. The smallest absolute Gasteiger partial charge is 0.255 e. The molecule has 2 aromatic rings. The van der Waals surface area contributed by atoms with Crippen molar-refractivity contribution >= 4 is 16.9 Å². The summed E-state index contributed by atoms with van der Waals surface area (Å²) in [5.41, 5.74) is 1.33. The summed E-state index contributed by atoms with van der Waals surface area (Å²) in [4.78, 5) is 12.9. The lowest BCUT2D eigenvalue weighted by atomic mass is 9.81. The fraction of sp³-hybridized carbons (Fsp3) is 0.526. The van der Waals surface area contributed by atoms with Gasteiger partial charge in [0, 0.05) is 24.0 Å². The van der Waals surface area contributed by atoms with Crippen molar-refractivity contribution < 1.29 is 18.7 Å².